The van der Waals surface area contributed by atoms with Crippen LogP contribution in [-0.2, 0) is 0 Å². The van der Waals surface area contributed by atoms with Crippen molar-refractivity contribution in [2.75, 3.05) is 0 Å². The number of hydrogen-bond donors (Lipinski definition) is 2. The van der Waals surface area contributed by atoms with Crippen molar-refractivity contribution in [2.24, 2.45) is 5.73 Å². The van der Waals surface area contributed by atoms with Gasteiger partial charge in [-0.1, -0.05) is 0 Å². The monoisotopic (exact) mass is 195 g/mol. The molecule has 13 heavy (non-hydrogen) atoms. The standard InChI is InChI=1S/C7H9N5S/c1-4(8)5-2-13-7(11-5)6-9-3-10-12-6/h2-4H,8H2,1H3,(H,9,10,12). The van der Waals surface area contributed by atoms with Crippen LogP contribution in [-0.4, -0.2) is 20.2 Å². The van der Waals surface area contributed by atoms with E-state index in [2.05, 4.69) is 20.2 Å². The summed E-state index contributed by atoms with van der Waals surface area (Å²) in [6, 6.07) is -0.0343. The first-order valence-corrected chi connectivity index (χ1v) is 4.72. The molecule has 1 atom stereocenters. The normalized spacial score (nSPS) is 13.1. The van der Waals surface area contributed by atoms with Crippen LogP contribution >= 0.6 is 11.3 Å². The van der Waals surface area contributed by atoms with E-state index in [0.717, 1.165) is 10.7 Å². The lowest BCUT2D eigenvalue weighted by molar-refractivity contribution is 0.790. The molecule has 0 aromatic carbocycles. The first kappa shape index (κ1) is 8.33. The number of hydrogen-bond acceptors (Lipinski definition) is 5. The maximum Gasteiger partial charge on any atom is 0.184 e. The Morgan fingerprint density at radius 3 is 3.00 bits per heavy atom. The van der Waals surface area contributed by atoms with Crippen molar-refractivity contribution in [2.45, 2.75) is 13.0 Å². The molecule has 0 radical (unpaired) electrons. The van der Waals surface area contributed by atoms with Crippen LogP contribution in [0.4, 0.5) is 0 Å². The second-order valence-electron chi connectivity index (χ2n) is 2.70. The fourth-order valence-electron chi connectivity index (χ4n) is 0.913. The molecule has 2 aromatic heterocycles. The zero-order valence-corrected chi connectivity index (χ0v) is 7.88. The Bertz CT molecular complexity index is 377. The van der Waals surface area contributed by atoms with Gasteiger partial charge in [0.15, 0.2) is 10.8 Å². The molecule has 1 unspecified atom stereocenters. The van der Waals surface area contributed by atoms with Crippen LogP contribution in [0.25, 0.3) is 10.8 Å². The number of nitrogens with one attached hydrogen (secondary N) is 1. The Labute approximate surface area is 79.0 Å². The first-order valence-electron chi connectivity index (χ1n) is 3.84. The molecular formula is C7H9N5S. The second-order valence-corrected chi connectivity index (χ2v) is 3.56. The summed E-state index contributed by atoms with van der Waals surface area (Å²) >= 11 is 1.51. The van der Waals surface area contributed by atoms with Gasteiger partial charge in [-0.2, -0.15) is 5.10 Å². The van der Waals surface area contributed by atoms with Crippen molar-refractivity contribution in [3.8, 4) is 10.8 Å². The van der Waals surface area contributed by atoms with Gasteiger partial charge in [-0.3, -0.25) is 5.10 Å². The van der Waals surface area contributed by atoms with E-state index in [1.807, 2.05) is 12.3 Å². The molecule has 0 bridgehead atoms. The summed E-state index contributed by atoms with van der Waals surface area (Å²) in [5, 5.41) is 9.26. The molecule has 2 aromatic rings. The quantitative estimate of drug-likeness (QED) is 0.747. The van der Waals surface area contributed by atoms with E-state index in [4.69, 9.17) is 5.73 Å². The average molecular weight is 195 g/mol. The number of rotatable bonds is 2. The molecule has 0 saturated heterocycles. The van der Waals surface area contributed by atoms with E-state index < -0.39 is 0 Å². The molecule has 0 aliphatic rings. The van der Waals surface area contributed by atoms with Crippen molar-refractivity contribution in [3.63, 3.8) is 0 Å². The Kier molecular flexibility index (Phi) is 2.07. The summed E-state index contributed by atoms with van der Waals surface area (Å²) in [6.07, 6.45) is 1.46. The lowest BCUT2D eigenvalue weighted by atomic mass is 10.3. The summed E-state index contributed by atoms with van der Waals surface area (Å²) in [4.78, 5) is 8.31. The van der Waals surface area contributed by atoms with Crippen LogP contribution in [0.5, 0.6) is 0 Å². The molecule has 2 heterocycles. The Hall–Kier alpha value is -1.27. The van der Waals surface area contributed by atoms with Crippen molar-refractivity contribution >= 4 is 11.3 Å². The minimum absolute atomic E-state index is 0.0343. The molecule has 3 N–H and O–H groups in total. The number of H-pyrrole nitrogens is 1. The predicted molar refractivity (Wildman–Crippen MR) is 50.1 cm³/mol. The topological polar surface area (TPSA) is 80.5 Å². The molecule has 6 heteroatoms. The van der Waals surface area contributed by atoms with Crippen LogP contribution in [0.3, 0.4) is 0 Å². The Morgan fingerprint density at radius 1 is 1.62 bits per heavy atom. The number of aromatic amines is 1. The third kappa shape index (κ3) is 1.58. The van der Waals surface area contributed by atoms with Gasteiger partial charge in [-0.05, 0) is 6.92 Å². The SMILES string of the molecule is CC(N)c1csc(-c2ncn[nH]2)n1. The molecule has 0 spiro atoms. The molecule has 0 saturated carbocycles. The number of nitrogens with two attached hydrogens (primary N) is 1. The van der Waals surface area contributed by atoms with E-state index in [1.54, 1.807) is 0 Å². The smallest absolute Gasteiger partial charge is 0.184 e. The lowest BCUT2D eigenvalue weighted by Gasteiger charge is -1.96. The van der Waals surface area contributed by atoms with E-state index in [9.17, 15) is 0 Å². The van der Waals surface area contributed by atoms with Crippen LogP contribution in [0, 0.1) is 0 Å². The summed E-state index contributed by atoms with van der Waals surface area (Å²) in [5.74, 6) is 0.692. The highest BCUT2D eigenvalue weighted by Crippen LogP contribution is 2.21. The van der Waals surface area contributed by atoms with Crippen LogP contribution < -0.4 is 5.73 Å². The maximum absolute atomic E-state index is 5.68. The number of thiazole rings is 1. The van der Waals surface area contributed by atoms with Crippen LogP contribution in [0.15, 0.2) is 11.7 Å². The Balaban J connectivity index is 2.33. The van der Waals surface area contributed by atoms with Crippen LogP contribution in [0.1, 0.15) is 18.7 Å². The van der Waals surface area contributed by atoms with Gasteiger partial charge in [0.1, 0.15) is 6.33 Å². The third-order valence-corrected chi connectivity index (χ3v) is 2.47. The number of aromatic nitrogens is 4. The minimum Gasteiger partial charge on any atom is -0.323 e. The molecular weight excluding hydrogens is 186 g/mol. The zero-order valence-electron chi connectivity index (χ0n) is 7.06. The summed E-state index contributed by atoms with van der Waals surface area (Å²) < 4.78 is 0. The fourth-order valence-corrected chi connectivity index (χ4v) is 1.78. The average Bonchev–Trinajstić information content (AvgIpc) is 2.75. The fraction of sp³-hybridized carbons (Fsp3) is 0.286. The lowest BCUT2D eigenvalue weighted by Crippen LogP contribution is -2.04. The largest absolute Gasteiger partial charge is 0.323 e. The molecule has 0 amide bonds. The van der Waals surface area contributed by atoms with Gasteiger partial charge in [-0.25, -0.2) is 9.97 Å². The Morgan fingerprint density at radius 2 is 2.46 bits per heavy atom. The molecule has 2 rings (SSSR count). The van der Waals surface area contributed by atoms with Gasteiger partial charge in [0.25, 0.3) is 0 Å². The minimum atomic E-state index is -0.0343. The van der Waals surface area contributed by atoms with Crippen molar-refractivity contribution in [1.29, 1.82) is 0 Å². The number of nitrogens with zero attached hydrogens (tertiary/aromatic N) is 3. The summed E-state index contributed by atoms with van der Waals surface area (Å²) in [5.41, 5.74) is 6.56. The predicted octanol–water partition coefficient (Wildman–Crippen LogP) is 0.948. The van der Waals surface area contributed by atoms with E-state index in [-0.39, 0.29) is 6.04 Å². The van der Waals surface area contributed by atoms with Gasteiger partial charge < -0.3 is 5.73 Å². The van der Waals surface area contributed by atoms with Crippen molar-refractivity contribution < 1.29 is 0 Å². The third-order valence-electron chi connectivity index (χ3n) is 1.61. The van der Waals surface area contributed by atoms with Gasteiger partial charge >= 0.3 is 0 Å². The van der Waals surface area contributed by atoms with Gasteiger partial charge in [0.05, 0.1) is 5.69 Å². The van der Waals surface area contributed by atoms with E-state index >= 15 is 0 Å². The first-order chi connectivity index (χ1) is 6.27. The molecule has 0 aliphatic heterocycles. The molecule has 68 valence electrons. The highest BCUT2D eigenvalue weighted by Gasteiger charge is 2.08. The highest BCUT2D eigenvalue weighted by atomic mass is 32.1. The van der Waals surface area contributed by atoms with Gasteiger partial charge in [0.2, 0.25) is 0 Å². The second kappa shape index (κ2) is 3.23. The van der Waals surface area contributed by atoms with Gasteiger partial charge in [-0.15, -0.1) is 11.3 Å². The van der Waals surface area contributed by atoms with Crippen molar-refractivity contribution in [3.05, 3.63) is 17.4 Å². The van der Waals surface area contributed by atoms with Crippen molar-refractivity contribution in [1.82, 2.24) is 20.2 Å². The van der Waals surface area contributed by atoms with Crippen LogP contribution in [0.2, 0.25) is 0 Å². The summed E-state index contributed by atoms with van der Waals surface area (Å²) in [6.45, 7) is 1.90. The van der Waals surface area contributed by atoms with E-state index in [0.29, 0.717) is 5.82 Å². The van der Waals surface area contributed by atoms with Gasteiger partial charge in [0, 0.05) is 11.4 Å². The highest BCUT2D eigenvalue weighted by molar-refractivity contribution is 7.13. The molecule has 0 fully saturated rings. The zero-order chi connectivity index (χ0) is 9.26. The maximum atomic E-state index is 5.68. The summed E-state index contributed by atoms with van der Waals surface area (Å²) in [7, 11) is 0. The molecule has 5 nitrogen and oxygen atoms in total. The van der Waals surface area contributed by atoms with E-state index in [1.165, 1.54) is 17.7 Å². The molecule has 0 aliphatic carbocycles.